The molecular weight excluding hydrogens is 262 g/mol. The molecule has 4 nitrogen and oxygen atoms in total. The second kappa shape index (κ2) is 4.81. The van der Waals surface area contributed by atoms with Gasteiger partial charge in [-0.05, 0) is 32.4 Å². The van der Waals surface area contributed by atoms with Gasteiger partial charge in [0.25, 0.3) is 0 Å². The Balaban J connectivity index is 3.30. The van der Waals surface area contributed by atoms with Crippen molar-refractivity contribution < 1.29 is 17.2 Å². The van der Waals surface area contributed by atoms with Crippen LogP contribution in [0.25, 0.3) is 0 Å². The first-order valence-electron chi connectivity index (χ1n) is 5.37. The van der Waals surface area contributed by atoms with E-state index >= 15 is 0 Å². The van der Waals surface area contributed by atoms with Gasteiger partial charge in [0.05, 0.1) is 0 Å². The molecule has 0 aliphatic heterocycles. The number of rotatable bonds is 4. The molecule has 0 aliphatic rings. The third-order valence-electron chi connectivity index (χ3n) is 2.58. The number of benzene rings is 1. The molecule has 0 aliphatic carbocycles. The zero-order valence-electron chi connectivity index (χ0n) is 10.4. The first kappa shape index (κ1) is 14.8. The Morgan fingerprint density at radius 1 is 1.28 bits per heavy atom. The molecule has 0 heterocycles. The van der Waals surface area contributed by atoms with Crippen molar-refractivity contribution in [3.05, 3.63) is 23.8 Å². The van der Waals surface area contributed by atoms with Crippen molar-refractivity contribution in [3.8, 4) is 0 Å². The van der Waals surface area contributed by atoms with Gasteiger partial charge in [-0.25, -0.2) is 21.9 Å². The highest BCUT2D eigenvalue weighted by molar-refractivity contribution is 7.89. The number of nitrogens with one attached hydrogen (secondary N) is 1. The average Bonchev–Trinajstić information content (AvgIpc) is 2.13. The summed E-state index contributed by atoms with van der Waals surface area (Å²) in [4.78, 5) is -1.00. The molecule has 1 aromatic rings. The summed E-state index contributed by atoms with van der Waals surface area (Å²) >= 11 is 0. The first-order valence-corrected chi connectivity index (χ1v) is 6.86. The molecule has 0 radical (unpaired) electrons. The summed E-state index contributed by atoms with van der Waals surface area (Å²) in [5, 5.41) is 0. The maximum Gasteiger partial charge on any atom is 0.246 e. The van der Waals surface area contributed by atoms with E-state index in [1.165, 1.54) is 0 Å². The van der Waals surface area contributed by atoms with Crippen molar-refractivity contribution in [2.45, 2.75) is 37.6 Å². The lowest BCUT2D eigenvalue weighted by Gasteiger charge is -2.24. The van der Waals surface area contributed by atoms with Crippen molar-refractivity contribution in [3.63, 3.8) is 0 Å². The standard InChI is InChI=1S/C11H16F2N2O2S/c1-4-11(2,3)15-18(16,17)10-8(12)5-7(14)6-9(10)13/h5-6,15H,4,14H2,1-3H3. The van der Waals surface area contributed by atoms with Crippen LogP contribution in [0.5, 0.6) is 0 Å². The van der Waals surface area contributed by atoms with Crippen LogP contribution in [0.15, 0.2) is 17.0 Å². The molecule has 18 heavy (non-hydrogen) atoms. The molecule has 0 spiro atoms. The summed E-state index contributed by atoms with van der Waals surface area (Å²) in [6, 6.07) is 1.55. The highest BCUT2D eigenvalue weighted by atomic mass is 32.2. The minimum Gasteiger partial charge on any atom is -0.399 e. The van der Waals surface area contributed by atoms with Crippen LogP contribution in [0.2, 0.25) is 0 Å². The van der Waals surface area contributed by atoms with Crippen molar-refractivity contribution in [2.75, 3.05) is 5.73 Å². The van der Waals surface area contributed by atoms with Crippen LogP contribution in [-0.4, -0.2) is 14.0 Å². The molecule has 0 bridgehead atoms. The SMILES string of the molecule is CCC(C)(C)NS(=O)(=O)c1c(F)cc(N)cc1F. The number of hydrogen-bond acceptors (Lipinski definition) is 3. The molecule has 3 N–H and O–H groups in total. The molecule has 0 saturated carbocycles. The minimum absolute atomic E-state index is 0.168. The van der Waals surface area contributed by atoms with Gasteiger partial charge < -0.3 is 5.73 Å². The fourth-order valence-electron chi connectivity index (χ4n) is 1.32. The third kappa shape index (κ3) is 3.17. The summed E-state index contributed by atoms with van der Waals surface area (Å²) in [5.74, 6) is -2.40. The lowest BCUT2D eigenvalue weighted by Crippen LogP contribution is -2.43. The minimum atomic E-state index is -4.26. The topological polar surface area (TPSA) is 72.2 Å². The molecule has 0 amide bonds. The molecular formula is C11H16F2N2O2S. The molecule has 102 valence electrons. The van der Waals surface area contributed by atoms with E-state index < -0.39 is 32.1 Å². The summed E-state index contributed by atoms with van der Waals surface area (Å²) in [6.45, 7) is 5.01. The molecule has 0 saturated heterocycles. The van der Waals surface area contributed by atoms with E-state index in [2.05, 4.69) is 4.72 Å². The van der Waals surface area contributed by atoms with E-state index in [-0.39, 0.29) is 5.69 Å². The second-order valence-corrected chi connectivity index (χ2v) is 6.28. The maximum absolute atomic E-state index is 13.5. The fraction of sp³-hybridized carbons (Fsp3) is 0.455. The van der Waals surface area contributed by atoms with Crippen LogP contribution in [-0.2, 0) is 10.0 Å². The van der Waals surface area contributed by atoms with Gasteiger partial charge in [-0.1, -0.05) is 6.92 Å². The van der Waals surface area contributed by atoms with Gasteiger partial charge in [-0.15, -0.1) is 0 Å². The summed E-state index contributed by atoms with van der Waals surface area (Å²) in [6.07, 6.45) is 0.477. The second-order valence-electron chi connectivity index (χ2n) is 4.66. The molecule has 1 rings (SSSR count). The summed E-state index contributed by atoms with van der Waals surface area (Å²) in [5.41, 5.74) is 4.27. The van der Waals surface area contributed by atoms with Crippen LogP contribution >= 0.6 is 0 Å². The van der Waals surface area contributed by atoms with Gasteiger partial charge in [0.1, 0.15) is 11.6 Å². The summed E-state index contributed by atoms with van der Waals surface area (Å²) in [7, 11) is -4.26. The van der Waals surface area contributed by atoms with E-state index in [0.29, 0.717) is 6.42 Å². The van der Waals surface area contributed by atoms with Crippen LogP contribution in [0, 0.1) is 11.6 Å². The first-order chi connectivity index (χ1) is 8.09. The zero-order chi connectivity index (χ0) is 14.1. The Labute approximate surface area is 105 Å². The smallest absolute Gasteiger partial charge is 0.246 e. The summed E-state index contributed by atoms with van der Waals surface area (Å²) < 4.78 is 53.2. The molecule has 7 heteroatoms. The third-order valence-corrected chi connectivity index (χ3v) is 4.33. The molecule has 0 fully saturated rings. The Morgan fingerprint density at radius 2 is 1.72 bits per heavy atom. The van der Waals surface area contributed by atoms with E-state index in [1.54, 1.807) is 20.8 Å². The van der Waals surface area contributed by atoms with E-state index in [0.717, 1.165) is 12.1 Å². The van der Waals surface area contributed by atoms with Crippen LogP contribution in [0.1, 0.15) is 27.2 Å². The highest BCUT2D eigenvalue weighted by Crippen LogP contribution is 2.23. The average molecular weight is 278 g/mol. The molecule has 0 unspecified atom stereocenters. The Kier molecular flexibility index (Phi) is 3.97. The number of anilines is 1. The zero-order valence-corrected chi connectivity index (χ0v) is 11.2. The number of nitrogens with two attached hydrogens (primary N) is 1. The van der Waals surface area contributed by atoms with Crippen molar-refractivity contribution >= 4 is 15.7 Å². The Morgan fingerprint density at radius 3 is 2.11 bits per heavy atom. The largest absolute Gasteiger partial charge is 0.399 e. The monoisotopic (exact) mass is 278 g/mol. The predicted octanol–water partition coefficient (Wildman–Crippen LogP) is 2.01. The normalized spacial score (nSPS) is 12.7. The molecule has 0 atom stereocenters. The Bertz CT molecular complexity index is 533. The number of halogens is 2. The number of nitrogen functional groups attached to an aromatic ring is 1. The van der Waals surface area contributed by atoms with Gasteiger partial charge >= 0.3 is 0 Å². The molecule has 0 aromatic heterocycles. The van der Waals surface area contributed by atoms with Crippen LogP contribution in [0.4, 0.5) is 14.5 Å². The van der Waals surface area contributed by atoms with Gasteiger partial charge in [-0.3, -0.25) is 0 Å². The van der Waals surface area contributed by atoms with Gasteiger partial charge in [0.15, 0.2) is 4.90 Å². The fourth-order valence-corrected chi connectivity index (χ4v) is 2.93. The predicted molar refractivity (Wildman–Crippen MR) is 65.5 cm³/mol. The number of sulfonamides is 1. The van der Waals surface area contributed by atoms with E-state index in [9.17, 15) is 17.2 Å². The van der Waals surface area contributed by atoms with Crippen LogP contribution < -0.4 is 10.5 Å². The van der Waals surface area contributed by atoms with Crippen molar-refractivity contribution in [2.24, 2.45) is 0 Å². The number of hydrogen-bond donors (Lipinski definition) is 2. The van der Waals surface area contributed by atoms with Crippen molar-refractivity contribution in [1.29, 1.82) is 0 Å². The Hall–Kier alpha value is -1.21. The quantitative estimate of drug-likeness (QED) is 0.828. The van der Waals surface area contributed by atoms with Crippen LogP contribution in [0.3, 0.4) is 0 Å². The van der Waals surface area contributed by atoms with Gasteiger partial charge in [0, 0.05) is 11.2 Å². The lowest BCUT2D eigenvalue weighted by molar-refractivity contribution is 0.433. The maximum atomic E-state index is 13.5. The van der Waals surface area contributed by atoms with E-state index in [1.807, 2.05) is 0 Å². The van der Waals surface area contributed by atoms with E-state index in [4.69, 9.17) is 5.73 Å². The lowest BCUT2D eigenvalue weighted by atomic mass is 10.0. The highest BCUT2D eigenvalue weighted by Gasteiger charge is 2.30. The molecule has 1 aromatic carbocycles. The van der Waals surface area contributed by atoms with Crippen molar-refractivity contribution in [1.82, 2.24) is 4.72 Å². The van der Waals surface area contributed by atoms with Gasteiger partial charge in [-0.2, -0.15) is 0 Å². The van der Waals surface area contributed by atoms with Gasteiger partial charge in [0.2, 0.25) is 10.0 Å².